The molecule has 3 rings (SSSR count). The fraction of sp³-hybridized carbons (Fsp3) is 0.538. The van der Waals surface area contributed by atoms with Gasteiger partial charge in [0.05, 0.1) is 18.4 Å². The number of aliphatic hydroxyl groups is 1. The number of rotatable bonds is 4. The fourth-order valence-corrected chi connectivity index (χ4v) is 2.35. The molecule has 2 aromatic rings. The van der Waals surface area contributed by atoms with E-state index in [2.05, 4.69) is 15.0 Å². The average Bonchev–Trinajstić information content (AvgIpc) is 3.10. The molecule has 0 aliphatic carbocycles. The summed E-state index contributed by atoms with van der Waals surface area (Å²) in [5, 5.41) is 13.1. The van der Waals surface area contributed by atoms with Crippen molar-refractivity contribution >= 4 is 0 Å². The van der Waals surface area contributed by atoms with Crippen molar-refractivity contribution in [1.29, 1.82) is 0 Å². The molecular weight excluding hydrogens is 246 g/mol. The molecule has 3 heterocycles. The second-order valence-corrected chi connectivity index (χ2v) is 4.93. The zero-order valence-corrected chi connectivity index (χ0v) is 10.7. The van der Waals surface area contributed by atoms with Gasteiger partial charge in [0.2, 0.25) is 11.7 Å². The van der Waals surface area contributed by atoms with Gasteiger partial charge in [0.1, 0.15) is 6.26 Å². The normalized spacial score (nSPS) is 17.9. The van der Waals surface area contributed by atoms with E-state index in [1.807, 2.05) is 0 Å². The van der Waals surface area contributed by atoms with E-state index < -0.39 is 0 Å². The molecule has 0 aromatic carbocycles. The van der Waals surface area contributed by atoms with E-state index in [1.165, 1.54) is 0 Å². The molecular formula is C13H17N3O3. The molecule has 102 valence electrons. The Morgan fingerprint density at radius 2 is 2.21 bits per heavy atom. The number of aliphatic hydroxyl groups excluding tert-OH is 1. The van der Waals surface area contributed by atoms with Gasteiger partial charge in [-0.3, -0.25) is 4.90 Å². The SMILES string of the molecule is OCC1CCN(Cc2nc(-c3ccoc3)no2)CC1. The minimum atomic E-state index is 0.291. The summed E-state index contributed by atoms with van der Waals surface area (Å²) in [5.41, 5.74) is 0.828. The van der Waals surface area contributed by atoms with Crippen molar-refractivity contribution in [3.63, 3.8) is 0 Å². The van der Waals surface area contributed by atoms with Gasteiger partial charge < -0.3 is 14.0 Å². The molecule has 2 aromatic heterocycles. The van der Waals surface area contributed by atoms with Crippen LogP contribution >= 0.6 is 0 Å². The summed E-state index contributed by atoms with van der Waals surface area (Å²) in [6, 6.07) is 1.81. The molecule has 1 aliphatic rings. The number of nitrogens with zero attached hydrogens (tertiary/aromatic N) is 3. The Kier molecular flexibility index (Phi) is 3.61. The van der Waals surface area contributed by atoms with Gasteiger partial charge in [-0.2, -0.15) is 4.98 Å². The highest BCUT2D eigenvalue weighted by atomic mass is 16.5. The molecule has 1 N–H and O–H groups in total. The first-order valence-electron chi connectivity index (χ1n) is 6.53. The highest BCUT2D eigenvalue weighted by molar-refractivity contribution is 5.51. The fourth-order valence-electron chi connectivity index (χ4n) is 2.35. The molecule has 19 heavy (non-hydrogen) atoms. The number of aromatic nitrogens is 2. The number of furan rings is 1. The molecule has 0 saturated carbocycles. The van der Waals surface area contributed by atoms with Crippen LogP contribution in [0.2, 0.25) is 0 Å². The van der Waals surface area contributed by atoms with Gasteiger partial charge in [-0.15, -0.1) is 0 Å². The van der Waals surface area contributed by atoms with Crippen molar-refractivity contribution in [3.8, 4) is 11.4 Å². The summed E-state index contributed by atoms with van der Waals surface area (Å²) in [6.45, 7) is 2.89. The largest absolute Gasteiger partial charge is 0.472 e. The quantitative estimate of drug-likeness (QED) is 0.901. The van der Waals surface area contributed by atoms with Crippen LogP contribution in [0.5, 0.6) is 0 Å². The molecule has 1 fully saturated rings. The van der Waals surface area contributed by atoms with E-state index >= 15 is 0 Å². The Labute approximate surface area is 111 Å². The van der Waals surface area contributed by atoms with Crippen LogP contribution in [0.3, 0.4) is 0 Å². The van der Waals surface area contributed by atoms with Gasteiger partial charge >= 0.3 is 0 Å². The van der Waals surface area contributed by atoms with Crippen LogP contribution in [0.4, 0.5) is 0 Å². The predicted molar refractivity (Wildman–Crippen MR) is 67.1 cm³/mol. The minimum absolute atomic E-state index is 0.291. The molecule has 0 atom stereocenters. The Morgan fingerprint density at radius 3 is 2.89 bits per heavy atom. The minimum Gasteiger partial charge on any atom is -0.472 e. The average molecular weight is 263 g/mol. The van der Waals surface area contributed by atoms with Crippen LogP contribution in [0.15, 0.2) is 27.5 Å². The smallest absolute Gasteiger partial charge is 0.241 e. The first-order valence-corrected chi connectivity index (χ1v) is 6.53. The standard InChI is InChI=1S/C13H17N3O3/c17-8-10-1-4-16(5-2-10)7-12-14-13(15-19-12)11-3-6-18-9-11/h3,6,9-10,17H,1-2,4-5,7-8H2. The lowest BCUT2D eigenvalue weighted by Gasteiger charge is -2.29. The Morgan fingerprint density at radius 1 is 1.37 bits per heavy atom. The topological polar surface area (TPSA) is 75.5 Å². The van der Waals surface area contributed by atoms with Crippen molar-refractivity contribution < 1.29 is 14.0 Å². The maximum absolute atomic E-state index is 9.11. The Balaban J connectivity index is 1.59. The first-order chi connectivity index (χ1) is 9.35. The third kappa shape index (κ3) is 2.85. The van der Waals surface area contributed by atoms with Gasteiger partial charge in [0, 0.05) is 6.61 Å². The molecule has 6 nitrogen and oxygen atoms in total. The van der Waals surface area contributed by atoms with E-state index in [0.717, 1.165) is 31.5 Å². The van der Waals surface area contributed by atoms with Crippen molar-refractivity contribution in [2.75, 3.05) is 19.7 Å². The van der Waals surface area contributed by atoms with Gasteiger partial charge in [-0.05, 0) is 37.9 Å². The summed E-state index contributed by atoms with van der Waals surface area (Å²) in [6.07, 6.45) is 5.24. The van der Waals surface area contributed by atoms with E-state index in [4.69, 9.17) is 14.0 Å². The van der Waals surface area contributed by atoms with Gasteiger partial charge in [0.15, 0.2) is 0 Å². The van der Waals surface area contributed by atoms with Crippen LogP contribution in [-0.4, -0.2) is 39.8 Å². The van der Waals surface area contributed by atoms with Crippen molar-refractivity contribution in [2.45, 2.75) is 19.4 Å². The summed E-state index contributed by atoms with van der Waals surface area (Å²) in [4.78, 5) is 6.63. The van der Waals surface area contributed by atoms with Gasteiger partial charge in [-0.25, -0.2) is 0 Å². The highest BCUT2D eigenvalue weighted by Gasteiger charge is 2.20. The second-order valence-electron chi connectivity index (χ2n) is 4.93. The molecule has 1 saturated heterocycles. The molecule has 1 aliphatic heterocycles. The zero-order chi connectivity index (χ0) is 13.1. The van der Waals surface area contributed by atoms with Crippen LogP contribution in [0.1, 0.15) is 18.7 Å². The first kappa shape index (κ1) is 12.4. The lowest BCUT2D eigenvalue weighted by molar-refractivity contribution is 0.119. The monoisotopic (exact) mass is 263 g/mol. The Bertz CT molecular complexity index is 501. The molecule has 0 spiro atoms. The maximum atomic E-state index is 9.11. The molecule has 0 radical (unpaired) electrons. The van der Waals surface area contributed by atoms with E-state index in [9.17, 15) is 0 Å². The van der Waals surface area contributed by atoms with E-state index in [1.54, 1.807) is 18.6 Å². The van der Waals surface area contributed by atoms with Crippen LogP contribution in [-0.2, 0) is 6.54 Å². The summed E-state index contributed by atoms with van der Waals surface area (Å²) in [5.74, 6) is 1.63. The van der Waals surface area contributed by atoms with Crippen molar-refractivity contribution in [2.24, 2.45) is 5.92 Å². The third-order valence-corrected chi connectivity index (χ3v) is 3.57. The molecule has 0 bridgehead atoms. The number of hydrogen-bond acceptors (Lipinski definition) is 6. The summed E-state index contributed by atoms with van der Waals surface area (Å²) in [7, 11) is 0. The molecule has 0 amide bonds. The molecule has 0 unspecified atom stereocenters. The van der Waals surface area contributed by atoms with E-state index in [0.29, 0.717) is 30.8 Å². The number of hydrogen-bond donors (Lipinski definition) is 1. The predicted octanol–water partition coefficient (Wildman–Crippen LogP) is 1.53. The lowest BCUT2D eigenvalue weighted by atomic mass is 9.98. The lowest BCUT2D eigenvalue weighted by Crippen LogP contribution is -2.34. The van der Waals surface area contributed by atoms with E-state index in [-0.39, 0.29) is 0 Å². The summed E-state index contributed by atoms with van der Waals surface area (Å²) >= 11 is 0. The number of likely N-dealkylation sites (tertiary alicyclic amines) is 1. The zero-order valence-electron chi connectivity index (χ0n) is 10.7. The highest BCUT2D eigenvalue weighted by Crippen LogP contribution is 2.20. The Hall–Kier alpha value is -1.66. The van der Waals surface area contributed by atoms with Gasteiger partial charge in [-0.1, -0.05) is 5.16 Å². The maximum Gasteiger partial charge on any atom is 0.241 e. The number of piperidine rings is 1. The van der Waals surface area contributed by atoms with Crippen molar-refractivity contribution in [1.82, 2.24) is 15.0 Å². The molecule has 6 heteroatoms. The summed E-state index contributed by atoms with van der Waals surface area (Å²) < 4.78 is 10.2. The van der Waals surface area contributed by atoms with Crippen LogP contribution < -0.4 is 0 Å². The third-order valence-electron chi connectivity index (χ3n) is 3.57. The van der Waals surface area contributed by atoms with Crippen LogP contribution in [0.25, 0.3) is 11.4 Å². The van der Waals surface area contributed by atoms with Crippen LogP contribution in [0, 0.1) is 5.92 Å². The van der Waals surface area contributed by atoms with Gasteiger partial charge in [0.25, 0.3) is 0 Å². The van der Waals surface area contributed by atoms with Crippen molar-refractivity contribution in [3.05, 3.63) is 24.5 Å². The second kappa shape index (κ2) is 5.54.